The molecule has 9 nitrogen and oxygen atoms in total. The van der Waals surface area contributed by atoms with Gasteiger partial charge >= 0.3 is 0 Å². The van der Waals surface area contributed by atoms with Crippen LogP contribution in [0.1, 0.15) is 34.2 Å². The van der Waals surface area contributed by atoms with Crippen molar-refractivity contribution in [3.63, 3.8) is 0 Å². The molecule has 1 aliphatic rings. The van der Waals surface area contributed by atoms with Crippen LogP contribution in [0, 0.1) is 28.9 Å². The van der Waals surface area contributed by atoms with Crippen LogP contribution in [0.25, 0.3) is 0 Å². The smallest absolute Gasteiger partial charge is 0.226 e. The maximum absolute atomic E-state index is 13.2. The lowest BCUT2D eigenvalue weighted by Gasteiger charge is -2.02. The summed E-state index contributed by atoms with van der Waals surface area (Å²) in [4.78, 5) is 30.6. The molecule has 0 radical (unpaired) electrons. The summed E-state index contributed by atoms with van der Waals surface area (Å²) in [6, 6.07) is 11.8. The van der Waals surface area contributed by atoms with Crippen molar-refractivity contribution in [3.8, 4) is 0 Å². The van der Waals surface area contributed by atoms with Crippen molar-refractivity contribution >= 4 is 11.5 Å². The van der Waals surface area contributed by atoms with Gasteiger partial charge in [0.05, 0.1) is 23.5 Å². The van der Waals surface area contributed by atoms with Gasteiger partial charge in [0.25, 0.3) is 0 Å². The largest absolute Gasteiger partial charge is 0.412 e. The normalized spacial score (nSPS) is 10.9. The highest BCUT2D eigenvalue weighted by molar-refractivity contribution is 6.14. The Kier molecular flexibility index (Phi) is 9.49. The zero-order chi connectivity index (χ0) is 24.5. The van der Waals surface area contributed by atoms with Gasteiger partial charge in [-0.05, 0) is 48.5 Å². The summed E-state index contributed by atoms with van der Waals surface area (Å²) in [5.74, 6) is -3.07. The molecule has 0 saturated carbocycles. The zero-order valence-electron chi connectivity index (χ0n) is 17.9. The fourth-order valence-electron chi connectivity index (χ4n) is 3.05. The molecule has 5 rings (SSSR count). The number of carbonyl (C=O) groups excluding carboxylic acids is 1. The molecule has 4 aromatic heterocycles. The number of rotatable bonds is 3. The Morgan fingerprint density at radius 3 is 2.00 bits per heavy atom. The number of aliphatic imine (C=N–C) groups is 1. The van der Waals surface area contributed by atoms with Gasteiger partial charge in [0, 0.05) is 42.9 Å². The lowest BCUT2D eigenvalue weighted by Crippen LogP contribution is -2.06. The molecule has 0 unspecified atom stereocenters. The summed E-state index contributed by atoms with van der Waals surface area (Å²) in [7, 11) is 0. The Balaban J connectivity index is 0.000000320. The molecule has 0 amide bonds. The summed E-state index contributed by atoms with van der Waals surface area (Å²) in [5, 5.41) is 0. The minimum atomic E-state index is -1.11. The fourth-order valence-corrected chi connectivity index (χ4v) is 3.05. The number of fused-ring (bicyclic) bond motifs is 1. The molecule has 5 heterocycles. The highest BCUT2D eigenvalue weighted by atomic mass is 19.1. The average molecular weight is 483 g/mol. The van der Waals surface area contributed by atoms with Crippen molar-refractivity contribution in [2.45, 2.75) is 6.54 Å². The van der Waals surface area contributed by atoms with E-state index in [4.69, 9.17) is 11.1 Å². The average Bonchev–Trinajstić information content (AvgIpc) is 3.29. The lowest BCUT2D eigenvalue weighted by molar-refractivity contribution is 0.103. The van der Waals surface area contributed by atoms with Crippen molar-refractivity contribution in [1.29, 1.82) is 11.1 Å². The summed E-state index contributed by atoms with van der Waals surface area (Å²) in [6.45, 7) is 0.449. The summed E-state index contributed by atoms with van der Waals surface area (Å²) in [5.41, 5.74) is 13.5. The molecule has 4 aromatic rings. The quantitative estimate of drug-likeness (QED) is 0.256. The predicted molar refractivity (Wildman–Crippen MR) is 121 cm³/mol. The second kappa shape index (κ2) is 12.5. The van der Waals surface area contributed by atoms with E-state index in [2.05, 4.69) is 24.9 Å². The first-order chi connectivity index (χ1) is 16.5. The topological polar surface area (TPSA) is 160 Å². The van der Waals surface area contributed by atoms with E-state index in [1.807, 2.05) is 12.1 Å². The van der Waals surface area contributed by atoms with Crippen LogP contribution in [0.15, 0.2) is 78.3 Å². The van der Waals surface area contributed by atoms with Crippen molar-refractivity contribution in [2.75, 3.05) is 0 Å². The molecule has 0 aliphatic carbocycles. The van der Waals surface area contributed by atoms with E-state index in [1.54, 1.807) is 18.5 Å². The third-order valence-corrected chi connectivity index (χ3v) is 4.54. The van der Waals surface area contributed by atoms with Crippen LogP contribution in [-0.2, 0) is 6.54 Å². The number of pyridine rings is 4. The van der Waals surface area contributed by atoms with Crippen LogP contribution in [0.4, 0.5) is 13.2 Å². The van der Waals surface area contributed by atoms with Gasteiger partial charge in [-0.15, -0.1) is 0 Å². The molecule has 0 aromatic carbocycles. The van der Waals surface area contributed by atoms with Crippen LogP contribution < -0.4 is 0 Å². The third-order valence-electron chi connectivity index (χ3n) is 4.54. The first-order valence-electron chi connectivity index (χ1n) is 9.65. The van der Waals surface area contributed by atoms with Gasteiger partial charge in [-0.25, -0.2) is 16.0 Å². The van der Waals surface area contributed by atoms with Gasteiger partial charge in [0.2, 0.25) is 17.8 Å². The Bertz CT molecular complexity index is 1320. The molecule has 12 heteroatoms. The molecule has 0 bridgehead atoms. The minimum Gasteiger partial charge on any atom is -0.412 e. The van der Waals surface area contributed by atoms with E-state index in [0.29, 0.717) is 12.2 Å². The van der Waals surface area contributed by atoms with Crippen molar-refractivity contribution in [2.24, 2.45) is 4.99 Å². The monoisotopic (exact) mass is 483 g/mol. The molecule has 4 N–H and O–H groups in total. The van der Waals surface area contributed by atoms with E-state index in [1.165, 1.54) is 30.6 Å². The van der Waals surface area contributed by atoms with Crippen LogP contribution in [0.5, 0.6) is 0 Å². The lowest BCUT2D eigenvalue weighted by atomic mass is 10.0. The molecule has 0 spiro atoms. The summed E-state index contributed by atoms with van der Waals surface area (Å²) >= 11 is 0. The maximum atomic E-state index is 13.2. The molecule has 0 saturated heterocycles. The fraction of sp³-hybridized carbons (Fsp3) is 0.0435. The second-order valence-corrected chi connectivity index (χ2v) is 6.57. The van der Waals surface area contributed by atoms with E-state index in [9.17, 15) is 18.0 Å². The molecular weight excluding hydrogens is 463 g/mol. The van der Waals surface area contributed by atoms with Crippen molar-refractivity contribution in [3.05, 3.63) is 119 Å². The van der Waals surface area contributed by atoms with Gasteiger partial charge in [-0.1, -0.05) is 0 Å². The number of nitrogens with one attached hydrogen (secondary N) is 2. The number of nitrogens with zero attached hydrogens (tertiary/aromatic N) is 5. The highest BCUT2D eigenvalue weighted by Crippen LogP contribution is 2.21. The van der Waals surface area contributed by atoms with E-state index in [0.717, 1.165) is 29.0 Å². The standard InChI is InChI=1S/C12H8FN3.C11H6F2N2O.H2N2.H2O.H2/c13-11-2-1-9-10(16-11)7-15-12(9)8-3-5-14-6-4-8;12-9-2-1-8(11(13)15-9)10(16)7-3-5-14-6-4-7;1-2;;/h1-6H,7H2;1-6H;1-2H;1H2;1H. The van der Waals surface area contributed by atoms with E-state index in [-0.39, 0.29) is 18.0 Å². The molecule has 0 atom stereocenters. The highest BCUT2D eigenvalue weighted by Gasteiger charge is 2.19. The van der Waals surface area contributed by atoms with Crippen LogP contribution in [0.3, 0.4) is 0 Å². The Morgan fingerprint density at radius 2 is 1.37 bits per heavy atom. The maximum Gasteiger partial charge on any atom is 0.226 e. The molecule has 35 heavy (non-hydrogen) atoms. The molecule has 0 fully saturated rings. The molecular formula is C23H20F3N7O2. The predicted octanol–water partition coefficient (Wildman–Crippen LogP) is 3.97. The van der Waals surface area contributed by atoms with Gasteiger partial charge in [-0.3, -0.25) is 19.8 Å². The van der Waals surface area contributed by atoms with Gasteiger partial charge in [0.1, 0.15) is 0 Å². The first-order valence-corrected chi connectivity index (χ1v) is 9.65. The minimum absolute atomic E-state index is 0. The number of hydrogen-bond acceptors (Lipinski definition) is 8. The molecule has 1 aliphatic heterocycles. The summed E-state index contributed by atoms with van der Waals surface area (Å²) < 4.78 is 38.7. The van der Waals surface area contributed by atoms with E-state index < -0.39 is 23.6 Å². The molecule has 180 valence electrons. The second-order valence-electron chi connectivity index (χ2n) is 6.57. The Hall–Kier alpha value is -4.71. The number of ketones is 1. The van der Waals surface area contributed by atoms with Crippen LogP contribution >= 0.6 is 0 Å². The Morgan fingerprint density at radius 1 is 0.800 bits per heavy atom. The van der Waals surface area contributed by atoms with Crippen molar-refractivity contribution < 1.29 is 24.9 Å². The number of halogens is 3. The van der Waals surface area contributed by atoms with Gasteiger partial charge in [-0.2, -0.15) is 18.2 Å². The third kappa shape index (κ3) is 6.42. The first kappa shape index (κ1) is 26.5. The summed E-state index contributed by atoms with van der Waals surface area (Å²) in [6.07, 6.45) is 6.27. The SMILES string of the molecule is Fc1ccc2c(n1)CN=C2c1ccncc1.N=N.O.O=C(c1ccncc1)c1ccc(F)nc1F.[HH]. The van der Waals surface area contributed by atoms with Crippen LogP contribution in [0.2, 0.25) is 0 Å². The van der Waals surface area contributed by atoms with E-state index >= 15 is 0 Å². The number of aromatic nitrogens is 4. The van der Waals surface area contributed by atoms with Crippen molar-refractivity contribution in [1.82, 2.24) is 19.9 Å². The van der Waals surface area contributed by atoms with Gasteiger partial charge in [0.15, 0.2) is 5.78 Å². The zero-order valence-corrected chi connectivity index (χ0v) is 17.9. The van der Waals surface area contributed by atoms with Gasteiger partial charge < -0.3 is 5.48 Å². The van der Waals surface area contributed by atoms with Crippen LogP contribution in [-0.4, -0.2) is 36.9 Å². The Labute approximate surface area is 198 Å². The number of hydrogen-bond donors (Lipinski definition) is 2. The number of carbonyl (C=O) groups is 1.